The molecule has 0 aromatic heterocycles. The summed E-state index contributed by atoms with van der Waals surface area (Å²) < 4.78 is 0. The molecule has 3 heteroatoms. The van der Waals surface area contributed by atoms with Crippen molar-refractivity contribution in [1.82, 2.24) is 0 Å². The molecular formula is C17H12N2O. The second-order valence-corrected chi connectivity index (χ2v) is 4.66. The average molecular weight is 260 g/mol. The number of anilines is 1. The lowest BCUT2D eigenvalue weighted by atomic mass is 9.92. The number of carbonyl (C=O) groups is 1. The second kappa shape index (κ2) is 5.02. The number of benzene rings is 2. The minimum Gasteiger partial charge on any atom is -0.374 e. The predicted octanol–water partition coefficient (Wildman–Crippen LogP) is 3.31. The van der Waals surface area contributed by atoms with Gasteiger partial charge in [0.15, 0.2) is 0 Å². The van der Waals surface area contributed by atoms with Crippen LogP contribution in [0.3, 0.4) is 0 Å². The van der Waals surface area contributed by atoms with Crippen molar-refractivity contribution >= 4 is 18.0 Å². The number of aldehydes is 1. The first-order valence-electron chi connectivity index (χ1n) is 6.34. The fourth-order valence-electron chi connectivity index (χ4n) is 2.38. The van der Waals surface area contributed by atoms with E-state index < -0.39 is 0 Å². The van der Waals surface area contributed by atoms with Crippen LogP contribution < -0.4 is 5.32 Å². The van der Waals surface area contributed by atoms with Gasteiger partial charge in [-0.05, 0) is 35.4 Å². The molecule has 20 heavy (non-hydrogen) atoms. The molecule has 0 amide bonds. The van der Waals surface area contributed by atoms with Gasteiger partial charge in [0.1, 0.15) is 6.29 Å². The van der Waals surface area contributed by atoms with Gasteiger partial charge in [0, 0.05) is 11.3 Å². The molecule has 0 fully saturated rings. The molecule has 0 saturated carbocycles. The lowest BCUT2D eigenvalue weighted by Crippen LogP contribution is -2.18. The Labute approximate surface area is 117 Å². The highest BCUT2D eigenvalue weighted by molar-refractivity contribution is 5.89. The summed E-state index contributed by atoms with van der Waals surface area (Å²) in [5.74, 6) is 0. The van der Waals surface area contributed by atoms with Crippen molar-refractivity contribution in [2.24, 2.45) is 0 Å². The van der Waals surface area contributed by atoms with Gasteiger partial charge in [-0.1, -0.05) is 30.3 Å². The summed E-state index contributed by atoms with van der Waals surface area (Å²) in [7, 11) is 0. The highest BCUT2D eigenvalue weighted by Crippen LogP contribution is 2.34. The molecule has 1 N–H and O–H groups in total. The van der Waals surface area contributed by atoms with Crippen LogP contribution >= 0.6 is 0 Å². The number of nitrogens with one attached hydrogen (secondary N) is 1. The summed E-state index contributed by atoms with van der Waals surface area (Å²) in [6.07, 6.45) is 2.79. The van der Waals surface area contributed by atoms with Crippen molar-refractivity contribution in [3.05, 3.63) is 70.8 Å². The molecule has 1 atom stereocenters. The van der Waals surface area contributed by atoms with Crippen LogP contribution in [-0.4, -0.2) is 6.29 Å². The van der Waals surface area contributed by atoms with Crippen molar-refractivity contribution in [3.8, 4) is 6.07 Å². The van der Waals surface area contributed by atoms with Crippen LogP contribution in [0.15, 0.2) is 54.1 Å². The summed E-state index contributed by atoms with van der Waals surface area (Å²) in [6, 6.07) is 17.1. The predicted molar refractivity (Wildman–Crippen MR) is 78.0 cm³/mol. The topological polar surface area (TPSA) is 52.9 Å². The Hall–Kier alpha value is -2.86. The quantitative estimate of drug-likeness (QED) is 0.843. The van der Waals surface area contributed by atoms with Crippen LogP contribution in [0.5, 0.6) is 0 Å². The Morgan fingerprint density at radius 3 is 2.55 bits per heavy atom. The molecule has 2 aromatic rings. The normalized spacial score (nSPS) is 16.4. The molecule has 2 aromatic carbocycles. The van der Waals surface area contributed by atoms with E-state index in [9.17, 15) is 4.79 Å². The average Bonchev–Trinajstić information content (AvgIpc) is 2.53. The van der Waals surface area contributed by atoms with Gasteiger partial charge < -0.3 is 5.32 Å². The van der Waals surface area contributed by atoms with Gasteiger partial charge in [0.25, 0.3) is 0 Å². The Morgan fingerprint density at radius 2 is 1.85 bits per heavy atom. The Morgan fingerprint density at radius 1 is 1.10 bits per heavy atom. The van der Waals surface area contributed by atoms with Crippen LogP contribution in [0.4, 0.5) is 5.69 Å². The molecule has 0 spiro atoms. The van der Waals surface area contributed by atoms with Crippen molar-refractivity contribution in [2.75, 3.05) is 5.32 Å². The summed E-state index contributed by atoms with van der Waals surface area (Å²) in [5, 5.41) is 12.2. The third-order valence-corrected chi connectivity index (χ3v) is 3.43. The maximum Gasteiger partial charge on any atom is 0.148 e. The SMILES string of the molecule is N#Cc1ccc([C@H]2Nc3ccccc3C=C2C=O)cc1. The number of hydrogen-bond donors (Lipinski definition) is 1. The first-order valence-corrected chi connectivity index (χ1v) is 6.34. The Balaban J connectivity index is 2.02. The number of hydrogen-bond acceptors (Lipinski definition) is 3. The van der Waals surface area contributed by atoms with Crippen LogP contribution in [0, 0.1) is 11.3 Å². The molecule has 1 aliphatic rings. The number of carbonyl (C=O) groups excluding carboxylic acids is 1. The molecule has 1 aliphatic heterocycles. The first-order chi connectivity index (χ1) is 9.81. The highest BCUT2D eigenvalue weighted by atomic mass is 16.1. The fraction of sp³-hybridized carbons (Fsp3) is 0.0588. The van der Waals surface area contributed by atoms with Gasteiger partial charge in [0.05, 0.1) is 17.7 Å². The van der Waals surface area contributed by atoms with Crippen molar-refractivity contribution in [1.29, 1.82) is 5.26 Å². The van der Waals surface area contributed by atoms with Crippen LogP contribution in [0.1, 0.15) is 22.7 Å². The summed E-state index contributed by atoms with van der Waals surface area (Å²) >= 11 is 0. The third-order valence-electron chi connectivity index (χ3n) is 3.43. The fourth-order valence-corrected chi connectivity index (χ4v) is 2.38. The van der Waals surface area contributed by atoms with Crippen molar-refractivity contribution in [3.63, 3.8) is 0 Å². The molecule has 3 nitrogen and oxygen atoms in total. The summed E-state index contributed by atoms with van der Waals surface area (Å²) in [4.78, 5) is 11.3. The number of nitriles is 1. The van der Waals surface area contributed by atoms with E-state index in [4.69, 9.17) is 5.26 Å². The Kier molecular flexibility index (Phi) is 3.06. The van der Waals surface area contributed by atoms with E-state index in [-0.39, 0.29) is 6.04 Å². The maximum atomic E-state index is 11.3. The van der Waals surface area contributed by atoms with E-state index in [0.29, 0.717) is 11.1 Å². The van der Waals surface area contributed by atoms with Gasteiger partial charge in [0.2, 0.25) is 0 Å². The van der Waals surface area contributed by atoms with E-state index in [1.807, 2.05) is 42.5 Å². The molecule has 1 heterocycles. The first kappa shape index (κ1) is 12.2. The maximum absolute atomic E-state index is 11.3. The minimum absolute atomic E-state index is 0.171. The molecule has 0 radical (unpaired) electrons. The van der Waals surface area contributed by atoms with Crippen molar-refractivity contribution in [2.45, 2.75) is 6.04 Å². The third kappa shape index (κ3) is 2.08. The number of para-hydroxylation sites is 1. The van der Waals surface area contributed by atoms with Crippen LogP contribution in [0.2, 0.25) is 0 Å². The minimum atomic E-state index is -0.171. The van der Waals surface area contributed by atoms with Gasteiger partial charge in [-0.3, -0.25) is 4.79 Å². The van der Waals surface area contributed by atoms with Crippen molar-refractivity contribution < 1.29 is 4.79 Å². The molecule has 0 aliphatic carbocycles. The molecule has 0 saturated heterocycles. The largest absolute Gasteiger partial charge is 0.374 e. The van der Waals surface area contributed by atoms with E-state index in [1.165, 1.54) is 0 Å². The van der Waals surface area contributed by atoms with E-state index in [1.54, 1.807) is 12.1 Å². The lowest BCUT2D eigenvalue weighted by molar-refractivity contribution is -0.105. The highest BCUT2D eigenvalue weighted by Gasteiger charge is 2.21. The standard InChI is InChI=1S/C17H12N2O/c18-10-12-5-7-13(8-6-12)17-15(11-20)9-14-3-1-2-4-16(14)19-17/h1-9,11,17,19H/t17-/m1/s1. The lowest BCUT2D eigenvalue weighted by Gasteiger charge is -2.26. The molecule has 96 valence electrons. The van der Waals surface area contributed by atoms with Crippen LogP contribution in [-0.2, 0) is 4.79 Å². The number of fused-ring (bicyclic) bond motifs is 1. The smallest absolute Gasteiger partial charge is 0.148 e. The zero-order chi connectivity index (χ0) is 13.9. The van der Waals surface area contributed by atoms with Gasteiger partial charge in [-0.25, -0.2) is 0 Å². The van der Waals surface area contributed by atoms with E-state index in [2.05, 4.69) is 11.4 Å². The van der Waals surface area contributed by atoms with E-state index in [0.717, 1.165) is 23.1 Å². The zero-order valence-electron chi connectivity index (χ0n) is 10.7. The van der Waals surface area contributed by atoms with E-state index >= 15 is 0 Å². The number of rotatable bonds is 2. The van der Waals surface area contributed by atoms with Gasteiger partial charge in [-0.15, -0.1) is 0 Å². The summed E-state index contributed by atoms with van der Waals surface area (Å²) in [6.45, 7) is 0. The zero-order valence-corrected chi connectivity index (χ0v) is 10.7. The van der Waals surface area contributed by atoms with Gasteiger partial charge >= 0.3 is 0 Å². The molecular weight excluding hydrogens is 248 g/mol. The summed E-state index contributed by atoms with van der Waals surface area (Å²) in [5.41, 5.74) is 4.29. The molecule has 3 rings (SSSR count). The van der Waals surface area contributed by atoms with Gasteiger partial charge in [-0.2, -0.15) is 5.26 Å². The molecule has 0 unspecified atom stereocenters. The Bertz CT molecular complexity index is 723. The molecule has 0 bridgehead atoms. The van der Waals surface area contributed by atoms with Crippen LogP contribution in [0.25, 0.3) is 6.08 Å². The second-order valence-electron chi connectivity index (χ2n) is 4.66. The number of nitrogens with zero attached hydrogens (tertiary/aromatic N) is 1. The monoisotopic (exact) mass is 260 g/mol.